The first kappa shape index (κ1) is 22.7. The molecule has 2 aliphatic rings. The maximum Gasteiger partial charge on any atom is 0.251 e. The Morgan fingerprint density at radius 2 is 1.81 bits per heavy atom. The summed E-state index contributed by atoms with van der Waals surface area (Å²) in [7, 11) is 0. The lowest BCUT2D eigenvalue weighted by Gasteiger charge is -2.35. The van der Waals surface area contributed by atoms with Gasteiger partial charge in [0.15, 0.2) is 0 Å². The van der Waals surface area contributed by atoms with E-state index in [1.807, 2.05) is 12.1 Å². The normalized spacial score (nSPS) is 24.3. The lowest BCUT2D eigenvalue weighted by molar-refractivity contribution is -0.0705. The number of morpholine rings is 2. The number of carbonyl (C=O) groups is 1. The van der Waals surface area contributed by atoms with Gasteiger partial charge in [-0.3, -0.25) is 9.69 Å². The Labute approximate surface area is 190 Å². The van der Waals surface area contributed by atoms with Gasteiger partial charge in [0.05, 0.1) is 24.9 Å². The van der Waals surface area contributed by atoms with E-state index in [1.165, 1.54) is 5.56 Å². The first-order chi connectivity index (χ1) is 15.5. The van der Waals surface area contributed by atoms with Crippen LogP contribution in [0.2, 0.25) is 0 Å². The Hall–Kier alpha value is -2.48. The number of rotatable bonds is 6. The molecule has 2 aliphatic heterocycles. The second-order valence-electron chi connectivity index (χ2n) is 8.93. The van der Waals surface area contributed by atoms with E-state index in [9.17, 15) is 4.79 Å². The van der Waals surface area contributed by atoms with Gasteiger partial charge < -0.3 is 19.7 Å². The summed E-state index contributed by atoms with van der Waals surface area (Å²) in [6.45, 7) is 11.7. The molecule has 2 fully saturated rings. The van der Waals surface area contributed by atoms with Gasteiger partial charge in [0.1, 0.15) is 5.82 Å². The highest BCUT2D eigenvalue weighted by Gasteiger charge is 2.23. The van der Waals surface area contributed by atoms with Crippen LogP contribution < -0.4 is 10.2 Å². The number of hydrogen-bond donors (Lipinski definition) is 1. The summed E-state index contributed by atoms with van der Waals surface area (Å²) >= 11 is 0. The zero-order valence-corrected chi connectivity index (χ0v) is 19.3. The molecule has 0 spiro atoms. The van der Waals surface area contributed by atoms with Crippen LogP contribution in [-0.2, 0) is 22.6 Å². The van der Waals surface area contributed by atoms with Crippen molar-refractivity contribution in [1.29, 1.82) is 0 Å². The Balaban J connectivity index is 1.39. The van der Waals surface area contributed by atoms with Gasteiger partial charge in [-0.25, -0.2) is 4.98 Å². The van der Waals surface area contributed by atoms with Crippen molar-refractivity contribution in [1.82, 2.24) is 15.2 Å². The largest absolute Gasteiger partial charge is 0.375 e. The van der Waals surface area contributed by atoms with E-state index in [4.69, 9.17) is 9.47 Å². The van der Waals surface area contributed by atoms with E-state index in [-0.39, 0.29) is 24.2 Å². The maximum atomic E-state index is 12.9. The smallest absolute Gasteiger partial charge is 0.251 e. The van der Waals surface area contributed by atoms with Crippen LogP contribution in [0.15, 0.2) is 42.6 Å². The molecule has 0 saturated carbocycles. The third kappa shape index (κ3) is 5.85. The molecule has 1 aromatic heterocycles. The molecule has 0 radical (unpaired) electrons. The van der Waals surface area contributed by atoms with Crippen molar-refractivity contribution in [2.24, 2.45) is 0 Å². The standard InChI is InChI=1S/C25H34N4O3/c1-18-16-29(10-11-31-18)24-12-21(8-9-26-24)25(30)27-13-22-6-4-5-7-23(22)17-28-14-19(2)32-20(3)15-28/h4-9,12,18-20H,10-11,13-17H2,1-3H3,(H,27,30)/t18-,19-,20+/m0/s1. The molecule has 4 rings (SSSR count). The molecule has 3 heterocycles. The zero-order chi connectivity index (χ0) is 22.5. The quantitative estimate of drug-likeness (QED) is 0.748. The highest BCUT2D eigenvalue weighted by atomic mass is 16.5. The summed E-state index contributed by atoms with van der Waals surface area (Å²) in [5, 5.41) is 3.10. The van der Waals surface area contributed by atoms with Gasteiger partial charge in [0.2, 0.25) is 0 Å². The van der Waals surface area contributed by atoms with Crippen molar-refractivity contribution in [3.05, 3.63) is 59.3 Å². The second-order valence-corrected chi connectivity index (χ2v) is 8.93. The fraction of sp³-hybridized carbons (Fsp3) is 0.520. The number of carbonyl (C=O) groups excluding carboxylic acids is 1. The number of nitrogens with zero attached hydrogens (tertiary/aromatic N) is 3. The Bertz CT molecular complexity index is 912. The molecule has 2 saturated heterocycles. The molecule has 0 unspecified atom stereocenters. The van der Waals surface area contributed by atoms with Crippen LogP contribution in [0.3, 0.4) is 0 Å². The summed E-state index contributed by atoms with van der Waals surface area (Å²) in [6, 6.07) is 12.0. The fourth-order valence-corrected chi connectivity index (χ4v) is 4.58. The minimum absolute atomic E-state index is 0.0848. The van der Waals surface area contributed by atoms with Gasteiger partial charge in [-0.15, -0.1) is 0 Å². The molecule has 32 heavy (non-hydrogen) atoms. The minimum atomic E-state index is -0.0848. The van der Waals surface area contributed by atoms with Crippen LogP contribution in [-0.4, -0.2) is 66.9 Å². The van der Waals surface area contributed by atoms with Gasteiger partial charge in [-0.2, -0.15) is 0 Å². The van der Waals surface area contributed by atoms with Crippen LogP contribution in [0.5, 0.6) is 0 Å². The third-order valence-electron chi connectivity index (χ3n) is 6.02. The molecule has 0 aliphatic carbocycles. The average Bonchev–Trinajstić information content (AvgIpc) is 2.78. The summed E-state index contributed by atoms with van der Waals surface area (Å²) < 4.78 is 11.5. The van der Waals surface area contributed by atoms with Gasteiger partial charge in [0.25, 0.3) is 5.91 Å². The van der Waals surface area contributed by atoms with E-state index >= 15 is 0 Å². The molecule has 1 amide bonds. The molecule has 1 N–H and O–H groups in total. The van der Waals surface area contributed by atoms with Crippen LogP contribution >= 0.6 is 0 Å². The van der Waals surface area contributed by atoms with Crippen LogP contribution in [0.25, 0.3) is 0 Å². The van der Waals surface area contributed by atoms with Crippen LogP contribution in [0.1, 0.15) is 42.3 Å². The van der Waals surface area contributed by atoms with Crippen molar-refractivity contribution < 1.29 is 14.3 Å². The number of benzene rings is 1. The molecular formula is C25H34N4O3. The van der Waals surface area contributed by atoms with Crippen molar-refractivity contribution in [2.45, 2.75) is 52.2 Å². The number of aromatic nitrogens is 1. The molecule has 7 heteroatoms. The maximum absolute atomic E-state index is 12.9. The van der Waals surface area contributed by atoms with Crippen molar-refractivity contribution in [3.8, 4) is 0 Å². The number of pyridine rings is 1. The second kappa shape index (κ2) is 10.4. The number of hydrogen-bond acceptors (Lipinski definition) is 6. The van der Waals surface area contributed by atoms with Gasteiger partial charge in [0, 0.05) is 51.0 Å². The van der Waals surface area contributed by atoms with Gasteiger partial charge >= 0.3 is 0 Å². The van der Waals surface area contributed by atoms with Gasteiger partial charge in [-0.05, 0) is 44.0 Å². The number of amides is 1. The summed E-state index contributed by atoms with van der Waals surface area (Å²) in [5.41, 5.74) is 3.01. The topological polar surface area (TPSA) is 66.9 Å². The van der Waals surface area contributed by atoms with Crippen molar-refractivity contribution in [3.63, 3.8) is 0 Å². The first-order valence-corrected chi connectivity index (χ1v) is 11.5. The number of nitrogens with one attached hydrogen (secondary N) is 1. The fourth-order valence-electron chi connectivity index (χ4n) is 4.58. The average molecular weight is 439 g/mol. The summed E-state index contributed by atoms with van der Waals surface area (Å²) in [4.78, 5) is 22.0. The monoisotopic (exact) mass is 438 g/mol. The highest BCUT2D eigenvalue weighted by molar-refractivity contribution is 5.94. The van der Waals surface area contributed by atoms with E-state index < -0.39 is 0 Å². The predicted molar refractivity (Wildman–Crippen MR) is 125 cm³/mol. The number of ether oxygens (including phenoxy) is 2. The Morgan fingerprint density at radius 3 is 2.56 bits per heavy atom. The van der Waals surface area contributed by atoms with Gasteiger partial charge in [-0.1, -0.05) is 24.3 Å². The lowest BCUT2D eigenvalue weighted by atomic mass is 10.1. The van der Waals surface area contributed by atoms with E-state index in [0.717, 1.165) is 44.1 Å². The van der Waals surface area contributed by atoms with Crippen molar-refractivity contribution >= 4 is 11.7 Å². The molecule has 0 bridgehead atoms. The molecule has 2 aromatic rings. The van der Waals surface area contributed by atoms with Crippen molar-refractivity contribution in [2.75, 3.05) is 37.7 Å². The first-order valence-electron chi connectivity index (χ1n) is 11.5. The Morgan fingerprint density at radius 1 is 1.06 bits per heavy atom. The SMILES string of the molecule is C[C@@H]1CN(Cc2ccccc2CNC(=O)c2ccnc(N3CCO[C@@H](C)C3)c2)C[C@H](C)O1. The van der Waals surface area contributed by atoms with Crippen LogP contribution in [0.4, 0.5) is 5.82 Å². The Kier molecular flexibility index (Phi) is 7.40. The molecule has 1 aromatic carbocycles. The van der Waals surface area contributed by atoms with Crippen LogP contribution in [0, 0.1) is 0 Å². The summed E-state index contributed by atoms with van der Waals surface area (Å²) in [5.74, 6) is 0.738. The minimum Gasteiger partial charge on any atom is -0.375 e. The predicted octanol–water partition coefficient (Wildman–Crippen LogP) is 2.85. The van der Waals surface area contributed by atoms with E-state index in [0.29, 0.717) is 18.7 Å². The molecule has 3 atom stereocenters. The lowest BCUT2D eigenvalue weighted by Crippen LogP contribution is -2.45. The third-order valence-corrected chi connectivity index (χ3v) is 6.02. The molecule has 7 nitrogen and oxygen atoms in total. The van der Waals surface area contributed by atoms with E-state index in [1.54, 1.807) is 12.3 Å². The highest BCUT2D eigenvalue weighted by Crippen LogP contribution is 2.19. The zero-order valence-electron chi connectivity index (χ0n) is 19.3. The molecule has 172 valence electrons. The molecular weight excluding hydrogens is 404 g/mol. The number of anilines is 1. The summed E-state index contributed by atoms with van der Waals surface area (Å²) in [6.07, 6.45) is 2.35. The van der Waals surface area contributed by atoms with E-state index in [2.05, 4.69) is 59.1 Å².